The number of rotatable bonds is 4. The summed E-state index contributed by atoms with van der Waals surface area (Å²) in [6.45, 7) is 0. The van der Waals surface area contributed by atoms with Crippen LogP contribution in [0.1, 0.15) is 0 Å². The predicted octanol–water partition coefficient (Wildman–Crippen LogP) is -9.65. The molecule has 0 spiro atoms. The molecule has 0 N–H and O–H groups in total. The fraction of sp³-hybridized carbons (Fsp3) is 0. The van der Waals surface area contributed by atoms with Gasteiger partial charge in [0.1, 0.15) is 129 Å². The molecule has 7 aromatic rings. The van der Waals surface area contributed by atoms with Gasteiger partial charge in [0.15, 0.2) is 17.5 Å². The SMILES string of the molecule is [B]c1c([B])c([B])c(-c2ccc3c(c2)oc2cccc(-c4nc(-c5c([B])c([B])c([B])c([B])c5[B])nc(-c5c([B])c([B])c([B])c([B])c5[B])n4)c23)c([B])c1[B]. The molecule has 0 aliphatic carbocycles. The van der Waals surface area contributed by atoms with Crippen LogP contribution in [0, 0.1) is 0 Å². The van der Waals surface area contributed by atoms with Gasteiger partial charge in [0, 0.05) is 27.5 Å². The molecule has 7 rings (SSSR count). The van der Waals surface area contributed by atoms with E-state index in [1.165, 1.54) is 0 Å². The average Bonchev–Trinajstić information content (AvgIpc) is 3.51. The molecule has 0 bridgehead atoms. The predicted molar refractivity (Wildman–Crippen MR) is 230 cm³/mol. The smallest absolute Gasteiger partial charge is 0.164 e. The van der Waals surface area contributed by atoms with E-state index in [0.717, 1.165) is 0 Å². The first-order valence-corrected chi connectivity index (χ1v) is 15.3. The molecule has 2 aromatic heterocycles. The number of hydrogen-bond acceptors (Lipinski definition) is 4. The Kier molecular flexibility index (Phi) is 9.12. The molecular formula is C33H6B15N3O. The van der Waals surface area contributed by atoms with Crippen LogP contribution in [-0.4, -0.2) is 133 Å². The van der Waals surface area contributed by atoms with E-state index in [0.29, 0.717) is 38.6 Å². The van der Waals surface area contributed by atoms with Gasteiger partial charge < -0.3 is 4.42 Å². The molecule has 0 saturated carbocycles. The largest absolute Gasteiger partial charge is 0.456 e. The van der Waals surface area contributed by atoms with Crippen LogP contribution in [0.15, 0.2) is 40.8 Å². The van der Waals surface area contributed by atoms with Crippen molar-refractivity contribution < 1.29 is 4.42 Å². The van der Waals surface area contributed by atoms with Crippen molar-refractivity contribution in [3.8, 4) is 45.3 Å². The molecule has 0 saturated heterocycles. The minimum absolute atomic E-state index is 0.00249. The number of hydrogen-bond donors (Lipinski definition) is 0. The van der Waals surface area contributed by atoms with Crippen LogP contribution < -0.4 is 81.9 Å². The monoisotopic (exact) mass is 625 g/mol. The van der Waals surface area contributed by atoms with Crippen molar-refractivity contribution in [3.63, 3.8) is 0 Å². The van der Waals surface area contributed by atoms with Crippen LogP contribution in [-0.2, 0) is 0 Å². The average molecular weight is 623 g/mol. The summed E-state index contributed by atoms with van der Waals surface area (Å²) >= 11 is 0. The van der Waals surface area contributed by atoms with Crippen LogP contribution in [0.5, 0.6) is 0 Å². The first-order chi connectivity index (χ1) is 24.5. The van der Waals surface area contributed by atoms with Crippen molar-refractivity contribution >= 4 is 222 Å². The van der Waals surface area contributed by atoms with E-state index >= 15 is 0 Å². The maximum atomic E-state index is 6.45. The molecule has 204 valence electrons. The zero-order valence-corrected chi connectivity index (χ0v) is 27.4. The lowest BCUT2D eigenvalue weighted by Gasteiger charge is -2.22. The summed E-state index contributed by atoms with van der Waals surface area (Å²) < 4.78 is 6.32. The molecule has 0 unspecified atom stereocenters. The third-order valence-electron chi connectivity index (χ3n) is 9.21. The van der Waals surface area contributed by atoms with Crippen LogP contribution >= 0.6 is 0 Å². The Morgan fingerprint density at radius 3 is 1.19 bits per heavy atom. The lowest BCUT2D eigenvalue weighted by molar-refractivity contribution is 0.669. The molecule has 0 amide bonds. The van der Waals surface area contributed by atoms with Crippen molar-refractivity contribution in [1.29, 1.82) is 0 Å². The van der Waals surface area contributed by atoms with Gasteiger partial charge in [0.25, 0.3) is 0 Å². The van der Waals surface area contributed by atoms with Gasteiger partial charge in [-0.15, -0.1) is 49.2 Å². The quantitative estimate of drug-likeness (QED) is 0.183. The number of benzene rings is 5. The normalized spacial score (nSPS) is 11.5. The minimum Gasteiger partial charge on any atom is -0.456 e. The number of aromatic nitrogens is 3. The number of nitrogens with zero attached hydrogens (tertiary/aromatic N) is 3. The molecule has 5 aromatic carbocycles. The first-order valence-electron chi connectivity index (χ1n) is 15.3. The molecular weight excluding hydrogens is 617 g/mol. The fourth-order valence-electron chi connectivity index (χ4n) is 6.23. The Morgan fingerprint density at radius 2 is 0.750 bits per heavy atom. The number of fused-ring (bicyclic) bond motifs is 3. The zero-order chi connectivity index (χ0) is 37.7. The highest BCUT2D eigenvalue weighted by molar-refractivity contribution is 6.71. The third-order valence-corrected chi connectivity index (χ3v) is 9.21. The Bertz CT molecular complexity index is 2540. The molecule has 19 heteroatoms. The van der Waals surface area contributed by atoms with Gasteiger partial charge in [-0.25, -0.2) is 15.0 Å². The van der Waals surface area contributed by atoms with Crippen molar-refractivity contribution in [2.75, 3.05) is 0 Å². The van der Waals surface area contributed by atoms with Crippen LogP contribution in [0.4, 0.5) is 0 Å². The van der Waals surface area contributed by atoms with Crippen molar-refractivity contribution in [1.82, 2.24) is 15.0 Å². The molecule has 4 nitrogen and oxygen atoms in total. The highest BCUT2D eigenvalue weighted by atomic mass is 16.3. The lowest BCUT2D eigenvalue weighted by Crippen LogP contribution is -2.55. The molecule has 2 heterocycles. The second kappa shape index (κ2) is 13.1. The van der Waals surface area contributed by atoms with E-state index in [9.17, 15) is 0 Å². The summed E-state index contributed by atoms with van der Waals surface area (Å²) in [5.41, 5.74) is 3.14. The van der Waals surface area contributed by atoms with E-state index in [4.69, 9.17) is 132 Å². The summed E-state index contributed by atoms with van der Waals surface area (Å²) in [6, 6.07) is 10.7. The van der Waals surface area contributed by atoms with Crippen molar-refractivity contribution in [2.24, 2.45) is 0 Å². The maximum Gasteiger partial charge on any atom is 0.164 e. The van der Waals surface area contributed by atoms with E-state index in [1.54, 1.807) is 30.3 Å². The van der Waals surface area contributed by atoms with Crippen LogP contribution in [0.2, 0.25) is 0 Å². The Labute approximate surface area is 321 Å². The minimum atomic E-state index is -0.0438. The van der Waals surface area contributed by atoms with Crippen LogP contribution in [0.25, 0.3) is 67.2 Å². The third kappa shape index (κ3) is 5.40. The standard InChI is InChI=1S/C33H6B15N3O/c34-16-12(17(35)23(41)28(46)22(16)40)7-4-5-8-11(6-7)52-10-3-1-2-9(13(8)10)31-49-32(14-18(36)24(42)29(47)25(43)19(14)37)51-33(50-31)15-20(38)26(44)30(48)27(45)21(15)39/h1-6H. The van der Waals surface area contributed by atoms with Gasteiger partial charge in [-0.2, -0.15) is 0 Å². The highest BCUT2D eigenvalue weighted by Crippen LogP contribution is 2.37. The van der Waals surface area contributed by atoms with Gasteiger partial charge in [-0.3, -0.25) is 0 Å². The zero-order valence-electron chi connectivity index (χ0n) is 27.4. The molecule has 0 fully saturated rings. The second-order valence-corrected chi connectivity index (χ2v) is 12.1. The van der Waals surface area contributed by atoms with Crippen molar-refractivity contribution in [3.05, 3.63) is 36.4 Å². The van der Waals surface area contributed by atoms with Gasteiger partial charge >= 0.3 is 0 Å². The van der Waals surface area contributed by atoms with E-state index in [1.807, 2.05) is 6.07 Å². The second-order valence-electron chi connectivity index (χ2n) is 12.1. The first kappa shape index (κ1) is 36.3. The molecule has 0 aliphatic rings. The highest BCUT2D eigenvalue weighted by Gasteiger charge is 2.23. The van der Waals surface area contributed by atoms with Crippen molar-refractivity contribution in [2.45, 2.75) is 0 Å². The van der Waals surface area contributed by atoms with Gasteiger partial charge in [-0.1, -0.05) is 51.0 Å². The van der Waals surface area contributed by atoms with E-state index in [2.05, 4.69) is 4.98 Å². The Hall–Kier alpha value is -4.12. The molecule has 0 atom stereocenters. The summed E-state index contributed by atoms with van der Waals surface area (Å²) in [5.74, 6) is 0.0287. The Balaban J connectivity index is 1.54. The van der Waals surface area contributed by atoms with Gasteiger partial charge in [0.2, 0.25) is 0 Å². The molecule has 52 heavy (non-hydrogen) atoms. The summed E-state index contributed by atoms with van der Waals surface area (Å²) in [6.07, 6.45) is 0. The Morgan fingerprint density at radius 1 is 0.365 bits per heavy atom. The molecule has 30 radical (unpaired) electrons. The molecule has 0 aliphatic heterocycles. The summed E-state index contributed by atoms with van der Waals surface area (Å²) in [4.78, 5) is 14.2. The maximum absolute atomic E-state index is 6.45. The summed E-state index contributed by atoms with van der Waals surface area (Å²) in [5, 5.41) is 1.30. The number of furan rings is 1. The topological polar surface area (TPSA) is 51.8 Å². The lowest BCUT2D eigenvalue weighted by atomic mass is 9.59. The fourth-order valence-corrected chi connectivity index (χ4v) is 6.23. The summed E-state index contributed by atoms with van der Waals surface area (Å²) in [7, 11) is 93.8. The van der Waals surface area contributed by atoms with Gasteiger partial charge in [0.05, 0.1) is 0 Å². The van der Waals surface area contributed by atoms with Crippen LogP contribution in [0.3, 0.4) is 0 Å². The van der Waals surface area contributed by atoms with E-state index in [-0.39, 0.29) is 111 Å². The van der Waals surface area contributed by atoms with Gasteiger partial charge in [-0.05, 0) is 29.3 Å². The van der Waals surface area contributed by atoms with E-state index < -0.39 is 0 Å².